The number of benzene rings is 1. The number of hydrogen-bond donors (Lipinski definition) is 1. The van der Waals surface area contributed by atoms with Crippen LogP contribution in [0.2, 0.25) is 0 Å². The van der Waals surface area contributed by atoms with E-state index in [0.29, 0.717) is 47.7 Å². The molecule has 1 fully saturated rings. The Labute approximate surface area is 177 Å². The van der Waals surface area contributed by atoms with Gasteiger partial charge in [0.25, 0.3) is 5.56 Å². The maximum atomic E-state index is 12.8. The fourth-order valence-electron chi connectivity index (χ4n) is 3.91. The summed E-state index contributed by atoms with van der Waals surface area (Å²) < 4.78 is 12.1. The number of ether oxygens (including phenoxy) is 2. The molecule has 8 nitrogen and oxygen atoms in total. The van der Waals surface area contributed by atoms with Crippen LogP contribution in [-0.2, 0) is 11.3 Å². The summed E-state index contributed by atoms with van der Waals surface area (Å²) in [5.74, 6) is 1.77. The summed E-state index contributed by atoms with van der Waals surface area (Å²) in [7, 11) is 5.23. The SMILES string of the molecule is COc1cc2ncn(CCCC(=O)NCCC3CCN(C)CC3)c(=O)c2cc1OC. The maximum absolute atomic E-state index is 12.8. The quantitative estimate of drug-likeness (QED) is 0.673. The molecule has 0 spiro atoms. The van der Waals surface area contributed by atoms with E-state index in [2.05, 4.69) is 22.2 Å². The number of carbonyl (C=O) groups is 1. The molecule has 30 heavy (non-hydrogen) atoms. The second kappa shape index (κ2) is 10.4. The highest BCUT2D eigenvalue weighted by Crippen LogP contribution is 2.29. The molecule has 0 atom stereocenters. The third kappa shape index (κ3) is 5.50. The van der Waals surface area contributed by atoms with Gasteiger partial charge in [0.2, 0.25) is 5.91 Å². The van der Waals surface area contributed by atoms with Gasteiger partial charge in [-0.3, -0.25) is 14.2 Å². The monoisotopic (exact) mass is 416 g/mol. The van der Waals surface area contributed by atoms with Gasteiger partial charge in [0.1, 0.15) is 0 Å². The van der Waals surface area contributed by atoms with Gasteiger partial charge in [0, 0.05) is 25.6 Å². The molecule has 0 bridgehead atoms. The van der Waals surface area contributed by atoms with Gasteiger partial charge in [-0.25, -0.2) is 4.98 Å². The normalized spacial score (nSPS) is 15.3. The topological polar surface area (TPSA) is 85.7 Å². The van der Waals surface area contributed by atoms with Crippen molar-refractivity contribution in [3.63, 3.8) is 0 Å². The smallest absolute Gasteiger partial charge is 0.261 e. The van der Waals surface area contributed by atoms with Crippen molar-refractivity contribution in [2.75, 3.05) is 40.9 Å². The molecule has 1 aliphatic rings. The van der Waals surface area contributed by atoms with Crippen molar-refractivity contribution in [2.45, 2.75) is 38.6 Å². The molecule has 2 heterocycles. The first-order valence-corrected chi connectivity index (χ1v) is 10.6. The standard InChI is InChI=1S/C22H32N4O4/c1-25-11-7-16(8-12-25)6-9-23-21(27)5-4-10-26-15-24-18-14-20(30-3)19(29-2)13-17(18)22(26)28/h13-16H,4-12H2,1-3H3,(H,23,27). The van der Waals surface area contributed by atoms with E-state index in [1.54, 1.807) is 23.8 Å². The lowest BCUT2D eigenvalue weighted by Gasteiger charge is -2.28. The molecular formula is C22H32N4O4. The summed E-state index contributed by atoms with van der Waals surface area (Å²) >= 11 is 0. The largest absolute Gasteiger partial charge is 0.493 e. The third-order valence-electron chi connectivity index (χ3n) is 5.85. The van der Waals surface area contributed by atoms with Crippen molar-refractivity contribution in [3.05, 3.63) is 28.8 Å². The van der Waals surface area contributed by atoms with Gasteiger partial charge in [-0.1, -0.05) is 0 Å². The summed E-state index contributed by atoms with van der Waals surface area (Å²) in [6, 6.07) is 3.34. The van der Waals surface area contributed by atoms with Crippen molar-refractivity contribution in [1.29, 1.82) is 0 Å². The molecular weight excluding hydrogens is 384 g/mol. The maximum Gasteiger partial charge on any atom is 0.261 e. The first kappa shape index (κ1) is 22.1. The zero-order valence-electron chi connectivity index (χ0n) is 18.1. The van der Waals surface area contributed by atoms with E-state index in [1.807, 2.05) is 0 Å². The number of nitrogens with zero attached hydrogens (tertiary/aromatic N) is 3. The van der Waals surface area contributed by atoms with Gasteiger partial charge in [0.15, 0.2) is 11.5 Å². The predicted octanol–water partition coefficient (Wildman–Crippen LogP) is 2.04. The summed E-state index contributed by atoms with van der Waals surface area (Å²) in [6.45, 7) is 3.46. The number of rotatable bonds is 9. The molecule has 1 aromatic heterocycles. The van der Waals surface area contributed by atoms with E-state index in [4.69, 9.17) is 9.47 Å². The molecule has 3 rings (SSSR count). The average molecular weight is 417 g/mol. The second-order valence-electron chi connectivity index (χ2n) is 7.96. The number of aryl methyl sites for hydroxylation is 1. The predicted molar refractivity (Wildman–Crippen MR) is 116 cm³/mol. The Hall–Kier alpha value is -2.61. The van der Waals surface area contributed by atoms with Gasteiger partial charge in [0.05, 0.1) is 31.4 Å². The van der Waals surface area contributed by atoms with Crippen molar-refractivity contribution in [1.82, 2.24) is 19.8 Å². The van der Waals surface area contributed by atoms with E-state index < -0.39 is 0 Å². The fraction of sp³-hybridized carbons (Fsp3) is 0.591. The average Bonchev–Trinajstić information content (AvgIpc) is 2.76. The van der Waals surface area contributed by atoms with Crippen LogP contribution in [0.1, 0.15) is 32.1 Å². The Balaban J connectivity index is 1.49. The molecule has 0 radical (unpaired) electrons. The minimum atomic E-state index is -0.149. The number of amides is 1. The second-order valence-corrected chi connectivity index (χ2v) is 7.96. The highest BCUT2D eigenvalue weighted by atomic mass is 16.5. The number of carbonyl (C=O) groups excluding carboxylic acids is 1. The Kier molecular flexibility index (Phi) is 7.68. The summed E-state index contributed by atoms with van der Waals surface area (Å²) in [5, 5.41) is 3.48. The number of piperidine rings is 1. The Morgan fingerprint density at radius 2 is 1.90 bits per heavy atom. The lowest BCUT2D eigenvalue weighted by molar-refractivity contribution is -0.121. The van der Waals surface area contributed by atoms with Crippen LogP contribution in [0.25, 0.3) is 10.9 Å². The summed E-state index contributed by atoms with van der Waals surface area (Å²) in [5.41, 5.74) is 0.407. The number of likely N-dealkylation sites (tertiary alicyclic amines) is 1. The van der Waals surface area contributed by atoms with Crippen LogP contribution in [0.15, 0.2) is 23.3 Å². The molecule has 2 aromatic rings. The van der Waals surface area contributed by atoms with E-state index in [0.717, 1.165) is 26.1 Å². The Morgan fingerprint density at radius 1 is 1.20 bits per heavy atom. The van der Waals surface area contributed by atoms with Crippen LogP contribution < -0.4 is 20.3 Å². The van der Waals surface area contributed by atoms with Crippen LogP contribution in [0.5, 0.6) is 11.5 Å². The lowest BCUT2D eigenvalue weighted by atomic mass is 9.94. The lowest BCUT2D eigenvalue weighted by Crippen LogP contribution is -2.32. The molecule has 1 saturated heterocycles. The van der Waals surface area contributed by atoms with E-state index >= 15 is 0 Å². The molecule has 0 aliphatic carbocycles. The molecule has 1 amide bonds. The van der Waals surface area contributed by atoms with Crippen molar-refractivity contribution in [2.24, 2.45) is 5.92 Å². The van der Waals surface area contributed by atoms with Gasteiger partial charge in [-0.2, -0.15) is 0 Å². The first-order chi connectivity index (χ1) is 14.5. The van der Waals surface area contributed by atoms with Crippen LogP contribution >= 0.6 is 0 Å². The molecule has 1 N–H and O–H groups in total. The molecule has 8 heteroatoms. The molecule has 1 aromatic carbocycles. The minimum Gasteiger partial charge on any atom is -0.493 e. The highest BCUT2D eigenvalue weighted by Gasteiger charge is 2.16. The van der Waals surface area contributed by atoms with E-state index in [9.17, 15) is 9.59 Å². The van der Waals surface area contributed by atoms with Gasteiger partial charge in [-0.15, -0.1) is 0 Å². The van der Waals surface area contributed by atoms with E-state index in [1.165, 1.54) is 26.3 Å². The van der Waals surface area contributed by atoms with Gasteiger partial charge >= 0.3 is 0 Å². The highest BCUT2D eigenvalue weighted by molar-refractivity contribution is 5.81. The number of nitrogens with one attached hydrogen (secondary N) is 1. The van der Waals surface area contributed by atoms with E-state index in [-0.39, 0.29) is 11.5 Å². The fourth-order valence-corrected chi connectivity index (χ4v) is 3.91. The number of aromatic nitrogens is 2. The zero-order valence-corrected chi connectivity index (χ0v) is 18.1. The van der Waals surface area contributed by atoms with Gasteiger partial charge in [-0.05, 0) is 57.8 Å². The zero-order chi connectivity index (χ0) is 21.5. The van der Waals surface area contributed by atoms with Crippen molar-refractivity contribution in [3.8, 4) is 11.5 Å². The minimum absolute atomic E-state index is 0.0381. The van der Waals surface area contributed by atoms with Gasteiger partial charge < -0.3 is 19.7 Å². The third-order valence-corrected chi connectivity index (χ3v) is 5.85. The number of fused-ring (bicyclic) bond motifs is 1. The number of hydrogen-bond acceptors (Lipinski definition) is 6. The summed E-state index contributed by atoms with van der Waals surface area (Å²) in [6.07, 6.45) is 5.96. The molecule has 0 unspecified atom stereocenters. The molecule has 0 saturated carbocycles. The molecule has 1 aliphatic heterocycles. The van der Waals surface area contributed by atoms with Crippen LogP contribution in [0.3, 0.4) is 0 Å². The Morgan fingerprint density at radius 3 is 2.60 bits per heavy atom. The van der Waals surface area contributed by atoms with Crippen molar-refractivity contribution < 1.29 is 14.3 Å². The van der Waals surface area contributed by atoms with Crippen LogP contribution in [-0.4, -0.2) is 61.3 Å². The van der Waals surface area contributed by atoms with Crippen LogP contribution in [0.4, 0.5) is 0 Å². The number of methoxy groups -OCH3 is 2. The first-order valence-electron chi connectivity index (χ1n) is 10.6. The van der Waals surface area contributed by atoms with Crippen LogP contribution in [0, 0.1) is 5.92 Å². The summed E-state index contributed by atoms with van der Waals surface area (Å²) in [4.78, 5) is 31.6. The molecule has 164 valence electrons. The van der Waals surface area contributed by atoms with Crippen molar-refractivity contribution >= 4 is 16.8 Å². The Bertz CT molecular complexity index is 919.